The highest BCUT2D eigenvalue weighted by Crippen LogP contribution is 2.31. The van der Waals surface area contributed by atoms with E-state index in [1.54, 1.807) is 11.3 Å². The zero-order valence-electron chi connectivity index (χ0n) is 10.3. The van der Waals surface area contributed by atoms with Crippen LogP contribution in [0.5, 0.6) is 0 Å². The van der Waals surface area contributed by atoms with Crippen molar-refractivity contribution in [3.8, 4) is 0 Å². The molecule has 1 aromatic heterocycles. The molecule has 3 rings (SSSR count). The second-order valence-electron chi connectivity index (χ2n) is 4.58. The summed E-state index contributed by atoms with van der Waals surface area (Å²) in [5, 5.41) is 4.65. The van der Waals surface area contributed by atoms with Gasteiger partial charge in [-0.25, -0.2) is 0 Å². The Bertz CT molecular complexity index is 699. The van der Waals surface area contributed by atoms with Crippen LogP contribution in [0.3, 0.4) is 0 Å². The lowest BCUT2D eigenvalue weighted by Crippen LogP contribution is -2.12. The number of fused-ring (bicyclic) bond motifs is 1. The zero-order chi connectivity index (χ0) is 13.2. The van der Waals surface area contributed by atoms with Crippen molar-refractivity contribution >= 4 is 38.0 Å². The van der Waals surface area contributed by atoms with Crippen LogP contribution in [0, 0.1) is 0 Å². The number of halogens is 1. The molecule has 0 spiro atoms. The average Bonchev–Trinajstić information content (AvgIpc) is 2.85. The van der Waals surface area contributed by atoms with Crippen molar-refractivity contribution in [2.75, 3.05) is 0 Å². The highest BCUT2D eigenvalue weighted by Gasteiger charge is 2.13. The quantitative estimate of drug-likeness (QED) is 0.725. The number of hydrogen-bond donors (Lipinski definition) is 1. The van der Waals surface area contributed by atoms with Crippen molar-refractivity contribution in [3.05, 3.63) is 68.8 Å². The van der Waals surface area contributed by atoms with Crippen molar-refractivity contribution in [2.24, 2.45) is 5.73 Å². The molecule has 19 heavy (non-hydrogen) atoms. The minimum absolute atomic E-state index is 0.0418. The molecule has 1 nitrogen and oxygen atoms in total. The molecule has 0 amide bonds. The van der Waals surface area contributed by atoms with Crippen LogP contribution in [-0.4, -0.2) is 0 Å². The first-order valence-corrected chi connectivity index (χ1v) is 7.88. The molecule has 0 aliphatic carbocycles. The van der Waals surface area contributed by atoms with Gasteiger partial charge in [0.05, 0.1) is 0 Å². The standard InChI is InChI=1S/C16H14BrNS/c17-14-8-9-19-16(14)15(18)10-12-6-3-5-11-4-1-2-7-13(11)12/h1-9,15H,10,18H2. The lowest BCUT2D eigenvalue weighted by atomic mass is 9.98. The smallest absolute Gasteiger partial charge is 0.0442 e. The molecule has 0 aliphatic heterocycles. The third-order valence-corrected chi connectivity index (χ3v) is 5.30. The molecule has 0 fully saturated rings. The van der Waals surface area contributed by atoms with Crippen LogP contribution in [0.2, 0.25) is 0 Å². The van der Waals surface area contributed by atoms with E-state index >= 15 is 0 Å². The number of thiophene rings is 1. The van der Waals surface area contributed by atoms with E-state index in [-0.39, 0.29) is 6.04 Å². The lowest BCUT2D eigenvalue weighted by molar-refractivity contribution is 0.737. The molecular weight excluding hydrogens is 318 g/mol. The van der Waals surface area contributed by atoms with Crippen LogP contribution in [0.4, 0.5) is 0 Å². The van der Waals surface area contributed by atoms with E-state index in [1.807, 2.05) is 0 Å². The Balaban J connectivity index is 1.96. The minimum Gasteiger partial charge on any atom is -0.323 e. The summed E-state index contributed by atoms with van der Waals surface area (Å²) < 4.78 is 1.12. The minimum atomic E-state index is 0.0418. The fourth-order valence-corrected chi connectivity index (χ4v) is 4.04. The van der Waals surface area contributed by atoms with Crippen LogP contribution in [0.1, 0.15) is 16.5 Å². The van der Waals surface area contributed by atoms with Gasteiger partial charge in [-0.05, 0) is 50.1 Å². The van der Waals surface area contributed by atoms with E-state index in [0.717, 1.165) is 10.9 Å². The molecule has 0 saturated carbocycles. The van der Waals surface area contributed by atoms with Crippen molar-refractivity contribution in [1.82, 2.24) is 0 Å². The first kappa shape index (κ1) is 12.9. The van der Waals surface area contributed by atoms with Gasteiger partial charge < -0.3 is 5.73 Å². The summed E-state index contributed by atoms with van der Waals surface area (Å²) in [6.45, 7) is 0. The van der Waals surface area contributed by atoms with Crippen molar-refractivity contribution < 1.29 is 0 Å². The molecule has 0 radical (unpaired) electrons. The zero-order valence-corrected chi connectivity index (χ0v) is 12.7. The summed E-state index contributed by atoms with van der Waals surface area (Å²) in [6, 6.07) is 17.0. The molecule has 1 atom stereocenters. The third kappa shape index (κ3) is 2.59. The Hall–Kier alpha value is -1.16. The Kier molecular flexibility index (Phi) is 3.69. The van der Waals surface area contributed by atoms with Gasteiger partial charge in [0.1, 0.15) is 0 Å². The maximum atomic E-state index is 6.34. The number of rotatable bonds is 3. The predicted molar refractivity (Wildman–Crippen MR) is 86.6 cm³/mol. The summed E-state index contributed by atoms with van der Waals surface area (Å²) in [5.41, 5.74) is 7.65. The SMILES string of the molecule is NC(Cc1cccc2ccccc12)c1sccc1Br. The van der Waals surface area contributed by atoms with E-state index < -0.39 is 0 Å². The Morgan fingerprint density at radius 1 is 1.05 bits per heavy atom. The van der Waals surface area contributed by atoms with E-state index in [2.05, 4.69) is 69.8 Å². The second-order valence-corrected chi connectivity index (χ2v) is 6.38. The monoisotopic (exact) mass is 331 g/mol. The summed E-state index contributed by atoms with van der Waals surface area (Å²) >= 11 is 5.27. The molecule has 2 aromatic carbocycles. The molecule has 3 heteroatoms. The van der Waals surface area contributed by atoms with Gasteiger partial charge in [0.15, 0.2) is 0 Å². The first-order chi connectivity index (χ1) is 9.25. The van der Waals surface area contributed by atoms with Crippen LogP contribution in [0.25, 0.3) is 10.8 Å². The molecule has 96 valence electrons. The van der Waals surface area contributed by atoms with Gasteiger partial charge in [-0.15, -0.1) is 11.3 Å². The van der Waals surface area contributed by atoms with Crippen molar-refractivity contribution in [2.45, 2.75) is 12.5 Å². The number of nitrogens with two attached hydrogens (primary N) is 1. The fourth-order valence-electron chi connectivity index (χ4n) is 2.37. The molecule has 2 N–H and O–H groups in total. The van der Waals surface area contributed by atoms with Crippen LogP contribution >= 0.6 is 27.3 Å². The average molecular weight is 332 g/mol. The van der Waals surface area contributed by atoms with E-state index in [4.69, 9.17) is 5.73 Å². The highest BCUT2D eigenvalue weighted by atomic mass is 79.9. The van der Waals surface area contributed by atoms with Crippen molar-refractivity contribution in [3.63, 3.8) is 0 Å². The van der Waals surface area contributed by atoms with E-state index in [0.29, 0.717) is 0 Å². The first-order valence-electron chi connectivity index (χ1n) is 6.21. The van der Waals surface area contributed by atoms with Gasteiger partial charge in [-0.1, -0.05) is 42.5 Å². The topological polar surface area (TPSA) is 26.0 Å². The van der Waals surface area contributed by atoms with Crippen molar-refractivity contribution in [1.29, 1.82) is 0 Å². The van der Waals surface area contributed by atoms with E-state index in [9.17, 15) is 0 Å². The van der Waals surface area contributed by atoms with Gasteiger partial charge in [0.2, 0.25) is 0 Å². The lowest BCUT2D eigenvalue weighted by Gasteiger charge is -2.13. The Morgan fingerprint density at radius 2 is 1.84 bits per heavy atom. The summed E-state index contributed by atoms with van der Waals surface area (Å²) in [4.78, 5) is 1.22. The van der Waals surface area contributed by atoms with Crippen LogP contribution < -0.4 is 5.73 Å². The van der Waals surface area contributed by atoms with Gasteiger partial charge in [0.25, 0.3) is 0 Å². The van der Waals surface area contributed by atoms with E-state index in [1.165, 1.54) is 21.2 Å². The van der Waals surface area contributed by atoms with Crippen LogP contribution in [0.15, 0.2) is 58.4 Å². The Labute approximate surface area is 125 Å². The normalized spacial score (nSPS) is 12.7. The molecule has 1 unspecified atom stereocenters. The van der Waals surface area contributed by atoms with Gasteiger partial charge in [-0.2, -0.15) is 0 Å². The Morgan fingerprint density at radius 3 is 2.63 bits per heavy atom. The van der Waals surface area contributed by atoms with Gasteiger partial charge >= 0.3 is 0 Å². The third-order valence-electron chi connectivity index (χ3n) is 3.30. The molecule has 0 bridgehead atoms. The van der Waals surface area contributed by atoms with Crippen LogP contribution in [-0.2, 0) is 6.42 Å². The summed E-state index contributed by atoms with van der Waals surface area (Å²) in [7, 11) is 0. The molecule has 3 aromatic rings. The largest absolute Gasteiger partial charge is 0.323 e. The molecule has 1 heterocycles. The summed E-state index contributed by atoms with van der Waals surface area (Å²) in [6.07, 6.45) is 0.862. The number of benzene rings is 2. The number of hydrogen-bond acceptors (Lipinski definition) is 2. The predicted octanol–water partition coefficient (Wildman–Crippen LogP) is 4.91. The molecule has 0 saturated heterocycles. The summed E-state index contributed by atoms with van der Waals surface area (Å²) in [5.74, 6) is 0. The second kappa shape index (κ2) is 5.45. The molecular formula is C16H14BrNS. The maximum Gasteiger partial charge on any atom is 0.0442 e. The van der Waals surface area contributed by atoms with Gasteiger partial charge in [-0.3, -0.25) is 0 Å². The van der Waals surface area contributed by atoms with Gasteiger partial charge in [0, 0.05) is 15.4 Å². The molecule has 0 aliphatic rings. The maximum absolute atomic E-state index is 6.34. The fraction of sp³-hybridized carbons (Fsp3) is 0.125. The highest BCUT2D eigenvalue weighted by molar-refractivity contribution is 9.10.